The van der Waals surface area contributed by atoms with Gasteiger partial charge in [0.15, 0.2) is 5.96 Å². The first-order valence-electron chi connectivity index (χ1n) is 7.41. The van der Waals surface area contributed by atoms with Gasteiger partial charge in [0.05, 0.1) is 26.8 Å². The van der Waals surface area contributed by atoms with Crippen LogP contribution in [0.15, 0.2) is 29.3 Å². The highest BCUT2D eigenvalue weighted by Crippen LogP contribution is 2.17. The number of rotatable bonds is 8. The van der Waals surface area contributed by atoms with Gasteiger partial charge in [0.25, 0.3) is 0 Å². The molecule has 1 aromatic carbocycles. The van der Waals surface area contributed by atoms with Gasteiger partial charge >= 0.3 is 0 Å². The third-order valence-electron chi connectivity index (χ3n) is 3.10. The molecular weight excluding hydrogens is 423 g/mol. The molecule has 8 heteroatoms. The maximum absolute atomic E-state index is 11.7. The first-order chi connectivity index (χ1) is 11.1. The molecule has 0 aliphatic rings. The third kappa shape index (κ3) is 8.34. The van der Waals surface area contributed by atoms with Gasteiger partial charge in [-0.2, -0.15) is 0 Å². The van der Waals surface area contributed by atoms with Crippen LogP contribution in [-0.2, 0) is 16.1 Å². The van der Waals surface area contributed by atoms with Crippen LogP contribution in [0, 0.1) is 0 Å². The van der Waals surface area contributed by atoms with Gasteiger partial charge in [0.2, 0.25) is 5.91 Å². The summed E-state index contributed by atoms with van der Waals surface area (Å²) in [7, 11) is 6.70. The van der Waals surface area contributed by atoms with E-state index in [1.165, 1.54) is 4.90 Å². The number of nitrogens with zero attached hydrogens (tertiary/aromatic N) is 2. The number of methoxy groups -OCH3 is 2. The van der Waals surface area contributed by atoms with Crippen molar-refractivity contribution in [1.82, 2.24) is 15.5 Å². The van der Waals surface area contributed by atoms with Crippen LogP contribution < -0.4 is 15.4 Å². The third-order valence-corrected chi connectivity index (χ3v) is 3.10. The van der Waals surface area contributed by atoms with Gasteiger partial charge < -0.3 is 25.0 Å². The Hall–Kier alpha value is -1.55. The SMILES string of the molecule is COCCNC(=NCc1ccccc1OC)NCC(=O)N(C)C.I. The first-order valence-corrected chi connectivity index (χ1v) is 7.41. The number of halogens is 1. The lowest BCUT2D eigenvalue weighted by molar-refractivity contribution is -0.127. The second-order valence-electron chi connectivity index (χ2n) is 5.04. The fourth-order valence-electron chi connectivity index (χ4n) is 1.76. The zero-order valence-electron chi connectivity index (χ0n) is 14.7. The zero-order chi connectivity index (χ0) is 17.1. The fourth-order valence-corrected chi connectivity index (χ4v) is 1.76. The highest BCUT2D eigenvalue weighted by molar-refractivity contribution is 14.0. The summed E-state index contributed by atoms with van der Waals surface area (Å²) in [5.74, 6) is 1.32. The van der Waals surface area contributed by atoms with E-state index in [9.17, 15) is 4.79 Å². The van der Waals surface area contributed by atoms with Crippen molar-refractivity contribution in [2.24, 2.45) is 4.99 Å². The number of aliphatic imine (C=N–C) groups is 1. The Labute approximate surface area is 160 Å². The molecule has 0 saturated heterocycles. The molecule has 0 heterocycles. The highest BCUT2D eigenvalue weighted by Gasteiger charge is 2.06. The lowest BCUT2D eigenvalue weighted by Gasteiger charge is -2.15. The van der Waals surface area contributed by atoms with E-state index in [0.717, 1.165) is 11.3 Å². The Bertz CT molecular complexity index is 524. The molecule has 7 nitrogen and oxygen atoms in total. The Morgan fingerprint density at radius 1 is 1.21 bits per heavy atom. The molecule has 0 radical (unpaired) electrons. The van der Waals surface area contributed by atoms with E-state index in [1.54, 1.807) is 28.3 Å². The topological polar surface area (TPSA) is 75.2 Å². The second kappa shape index (κ2) is 12.8. The number of hydrogen-bond acceptors (Lipinski definition) is 4. The summed E-state index contributed by atoms with van der Waals surface area (Å²) in [6.45, 7) is 1.78. The summed E-state index contributed by atoms with van der Waals surface area (Å²) < 4.78 is 10.3. The molecule has 0 aliphatic heterocycles. The van der Waals surface area contributed by atoms with Crippen LogP contribution in [0.25, 0.3) is 0 Å². The highest BCUT2D eigenvalue weighted by atomic mass is 127. The Morgan fingerprint density at radius 3 is 2.54 bits per heavy atom. The lowest BCUT2D eigenvalue weighted by atomic mass is 10.2. The second-order valence-corrected chi connectivity index (χ2v) is 5.04. The molecule has 1 rings (SSSR count). The number of para-hydroxylation sites is 1. The average molecular weight is 450 g/mol. The maximum Gasteiger partial charge on any atom is 0.241 e. The van der Waals surface area contributed by atoms with E-state index >= 15 is 0 Å². The van der Waals surface area contributed by atoms with Gasteiger partial charge in [0.1, 0.15) is 5.75 Å². The minimum absolute atomic E-state index is 0. The molecule has 2 N–H and O–H groups in total. The molecular formula is C16H27IN4O3. The van der Waals surface area contributed by atoms with Gasteiger partial charge in [-0.15, -0.1) is 24.0 Å². The quantitative estimate of drug-likeness (QED) is 0.269. The molecule has 1 aromatic rings. The van der Waals surface area contributed by atoms with Crippen molar-refractivity contribution >= 4 is 35.8 Å². The number of guanidine groups is 1. The Kier molecular flexibility index (Phi) is 12.0. The molecule has 0 spiro atoms. The minimum Gasteiger partial charge on any atom is -0.496 e. The number of ether oxygens (including phenoxy) is 2. The van der Waals surface area contributed by atoms with E-state index < -0.39 is 0 Å². The normalized spacial score (nSPS) is 10.6. The predicted octanol–water partition coefficient (Wildman–Crippen LogP) is 1.08. The number of carbonyl (C=O) groups is 1. The number of nitrogens with one attached hydrogen (secondary N) is 2. The number of carbonyl (C=O) groups excluding carboxylic acids is 1. The lowest BCUT2D eigenvalue weighted by Crippen LogP contribution is -2.43. The van der Waals surface area contributed by atoms with Crippen LogP contribution in [0.5, 0.6) is 5.75 Å². The van der Waals surface area contributed by atoms with Gasteiger partial charge in [-0.3, -0.25) is 4.79 Å². The smallest absolute Gasteiger partial charge is 0.241 e. The number of likely N-dealkylation sites (N-methyl/N-ethyl adjacent to an activating group) is 1. The minimum atomic E-state index is -0.0245. The number of benzene rings is 1. The van der Waals surface area contributed by atoms with Crippen LogP contribution in [0.1, 0.15) is 5.56 Å². The fraction of sp³-hybridized carbons (Fsp3) is 0.500. The molecule has 0 unspecified atom stereocenters. The number of hydrogen-bond donors (Lipinski definition) is 2. The molecule has 0 bridgehead atoms. The van der Waals surface area contributed by atoms with Crippen molar-refractivity contribution in [2.45, 2.75) is 6.54 Å². The van der Waals surface area contributed by atoms with E-state index in [4.69, 9.17) is 9.47 Å². The van der Waals surface area contributed by atoms with E-state index in [-0.39, 0.29) is 36.4 Å². The molecule has 0 aromatic heterocycles. The maximum atomic E-state index is 11.7. The van der Waals surface area contributed by atoms with Crippen molar-refractivity contribution in [2.75, 3.05) is 48.0 Å². The molecule has 136 valence electrons. The van der Waals surface area contributed by atoms with Crippen molar-refractivity contribution < 1.29 is 14.3 Å². The molecule has 0 atom stereocenters. The van der Waals surface area contributed by atoms with Crippen molar-refractivity contribution in [3.05, 3.63) is 29.8 Å². The molecule has 0 saturated carbocycles. The van der Waals surface area contributed by atoms with E-state index in [0.29, 0.717) is 25.7 Å². The summed E-state index contributed by atoms with van der Waals surface area (Å²) in [6, 6.07) is 7.71. The summed E-state index contributed by atoms with van der Waals surface area (Å²) in [5, 5.41) is 6.14. The summed E-state index contributed by atoms with van der Waals surface area (Å²) in [4.78, 5) is 17.7. The van der Waals surface area contributed by atoms with Crippen molar-refractivity contribution in [1.29, 1.82) is 0 Å². The van der Waals surface area contributed by atoms with Gasteiger partial charge in [-0.05, 0) is 6.07 Å². The largest absolute Gasteiger partial charge is 0.496 e. The molecule has 0 aliphatic carbocycles. The van der Waals surface area contributed by atoms with E-state index in [1.807, 2.05) is 24.3 Å². The molecule has 24 heavy (non-hydrogen) atoms. The van der Waals surface area contributed by atoms with Crippen molar-refractivity contribution in [3.63, 3.8) is 0 Å². The molecule has 1 amide bonds. The van der Waals surface area contributed by atoms with E-state index in [2.05, 4.69) is 15.6 Å². The van der Waals surface area contributed by atoms with Crippen LogP contribution in [0.3, 0.4) is 0 Å². The number of amides is 1. The predicted molar refractivity (Wildman–Crippen MR) is 106 cm³/mol. The standard InChI is InChI=1S/C16H26N4O3.HI/c1-20(2)15(21)12-19-16(17-9-10-22-3)18-11-13-7-5-6-8-14(13)23-4;/h5-8H,9-12H2,1-4H3,(H2,17,18,19);1H. The van der Waals surface area contributed by atoms with Crippen LogP contribution in [0.4, 0.5) is 0 Å². The first kappa shape index (κ1) is 22.4. The molecule has 0 fully saturated rings. The summed E-state index contributed by atoms with van der Waals surface area (Å²) in [6.07, 6.45) is 0. The van der Waals surface area contributed by atoms with Crippen LogP contribution in [-0.4, -0.2) is 64.8 Å². The van der Waals surface area contributed by atoms with Crippen molar-refractivity contribution in [3.8, 4) is 5.75 Å². The Morgan fingerprint density at radius 2 is 1.92 bits per heavy atom. The zero-order valence-corrected chi connectivity index (χ0v) is 17.0. The Balaban J connectivity index is 0.00000529. The van der Waals surface area contributed by atoms with Gasteiger partial charge in [-0.25, -0.2) is 4.99 Å². The summed E-state index contributed by atoms with van der Waals surface area (Å²) in [5.41, 5.74) is 0.974. The average Bonchev–Trinajstić information content (AvgIpc) is 2.56. The van der Waals surface area contributed by atoms with Gasteiger partial charge in [-0.1, -0.05) is 18.2 Å². The van der Waals surface area contributed by atoms with Gasteiger partial charge in [0, 0.05) is 33.3 Å². The summed E-state index contributed by atoms with van der Waals surface area (Å²) >= 11 is 0. The van der Waals surface area contributed by atoms with Crippen LogP contribution >= 0.6 is 24.0 Å². The van der Waals surface area contributed by atoms with Crippen LogP contribution in [0.2, 0.25) is 0 Å². The monoisotopic (exact) mass is 450 g/mol.